The van der Waals surface area contributed by atoms with E-state index in [1.165, 1.54) is 4.90 Å². The molecule has 0 radical (unpaired) electrons. The molecule has 3 rings (SSSR count). The van der Waals surface area contributed by atoms with Gasteiger partial charge in [-0.15, -0.1) is 0 Å². The van der Waals surface area contributed by atoms with E-state index in [1.807, 2.05) is 49.3 Å². The van der Waals surface area contributed by atoms with Gasteiger partial charge in [-0.1, -0.05) is 42.5 Å². The van der Waals surface area contributed by atoms with Crippen molar-refractivity contribution in [1.82, 2.24) is 4.90 Å². The molecule has 1 saturated heterocycles. The van der Waals surface area contributed by atoms with Crippen molar-refractivity contribution in [2.24, 2.45) is 0 Å². The van der Waals surface area contributed by atoms with E-state index in [9.17, 15) is 14.7 Å². The van der Waals surface area contributed by atoms with Crippen LogP contribution in [0.4, 0.5) is 5.69 Å². The summed E-state index contributed by atoms with van der Waals surface area (Å²) in [7, 11) is 5.46. The molecule has 0 spiro atoms. The Morgan fingerprint density at radius 3 is 2.16 bits per heavy atom. The molecule has 2 aromatic carbocycles. The molecule has 0 unspecified atom stereocenters. The Morgan fingerprint density at radius 2 is 1.60 bits per heavy atom. The summed E-state index contributed by atoms with van der Waals surface area (Å²) >= 11 is 0. The minimum Gasteiger partial charge on any atom is -0.507 e. The number of carbonyl (C=O) groups is 2. The number of aliphatic hydroxyl groups excluding tert-OH is 1. The summed E-state index contributed by atoms with van der Waals surface area (Å²) in [5.74, 6) is -1.42. The summed E-state index contributed by atoms with van der Waals surface area (Å²) in [5, 5.41) is 10.7. The Kier molecular flexibility index (Phi) is 4.31. The van der Waals surface area contributed by atoms with Crippen molar-refractivity contribution in [3.8, 4) is 0 Å². The van der Waals surface area contributed by atoms with Crippen LogP contribution < -0.4 is 4.90 Å². The van der Waals surface area contributed by atoms with Crippen LogP contribution in [0.15, 0.2) is 60.2 Å². The molecule has 0 saturated carbocycles. The van der Waals surface area contributed by atoms with Gasteiger partial charge < -0.3 is 14.9 Å². The van der Waals surface area contributed by atoms with Crippen LogP contribution in [0.5, 0.6) is 0 Å². The first-order valence-electron chi connectivity index (χ1n) is 7.99. The molecule has 1 atom stereocenters. The molecule has 1 heterocycles. The molecule has 5 nitrogen and oxygen atoms in total. The van der Waals surface area contributed by atoms with Crippen molar-refractivity contribution in [3.05, 3.63) is 71.3 Å². The summed E-state index contributed by atoms with van der Waals surface area (Å²) in [5.41, 5.74) is 2.44. The van der Waals surface area contributed by atoms with Crippen molar-refractivity contribution < 1.29 is 14.7 Å². The van der Waals surface area contributed by atoms with Gasteiger partial charge in [0.15, 0.2) is 0 Å². The Morgan fingerprint density at radius 1 is 1.00 bits per heavy atom. The van der Waals surface area contributed by atoms with Crippen molar-refractivity contribution in [2.75, 3.05) is 26.0 Å². The van der Waals surface area contributed by atoms with E-state index in [-0.39, 0.29) is 11.3 Å². The third kappa shape index (κ3) is 2.89. The summed E-state index contributed by atoms with van der Waals surface area (Å²) in [6.45, 7) is 0. The Bertz CT molecular complexity index is 839. The van der Waals surface area contributed by atoms with Crippen molar-refractivity contribution in [3.63, 3.8) is 0 Å². The first-order chi connectivity index (χ1) is 11.9. The van der Waals surface area contributed by atoms with Crippen LogP contribution in [-0.2, 0) is 9.59 Å². The number of hydrogen-bond acceptors (Lipinski definition) is 4. The van der Waals surface area contributed by atoms with Gasteiger partial charge >= 0.3 is 0 Å². The third-order valence-electron chi connectivity index (χ3n) is 4.45. The predicted molar refractivity (Wildman–Crippen MR) is 97.3 cm³/mol. The average Bonchev–Trinajstić information content (AvgIpc) is 2.86. The molecule has 2 aromatic rings. The lowest BCUT2D eigenvalue weighted by Gasteiger charge is -2.22. The molecule has 1 fully saturated rings. The van der Waals surface area contributed by atoms with E-state index in [2.05, 4.69) is 0 Å². The van der Waals surface area contributed by atoms with Gasteiger partial charge in [0.05, 0.1) is 11.6 Å². The van der Waals surface area contributed by atoms with Crippen LogP contribution in [0, 0.1) is 0 Å². The highest BCUT2D eigenvalue weighted by atomic mass is 16.3. The van der Waals surface area contributed by atoms with E-state index in [4.69, 9.17) is 0 Å². The van der Waals surface area contributed by atoms with Crippen molar-refractivity contribution in [2.45, 2.75) is 6.04 Å². The number of Topliss-reactive ketones (excluding diaryl/α,β-unsaturated/α-hetero) is 1. The fourth-order valence-electron chi connectivity index (χ4n) is 3.04. The quantitative estimate of drug-likeness (QED) is 0.532. The number of likely N-dealkylation sites (N-methyl/N-ethyl adjacent to an activating group) is 1. The fourth-order valence-corrected chi connectivity index (χ4v) is 3.04. The topological polar surface area (TPSA) is 60.9 Å². The fraction of sp³-hybridized carbons (Fsp3) is 0.200. The minimum atomic E-state index is -0.662. The molecular weight excluding hydrogens is 316 g/mol. The molecule has 1 aliphatic rings. The molecule has 128 valence electrons. The molecule has 0 bridgehead atoms. The van der Waals surface area contributed by atoms with Crippen molar-refractivity contribution in [1.29, 1.82) is 0 Å². The van der Waals surface area contributed by atoms with Gasteiger partial charge in [0, 0.05) is 32.4 Å². The van der Waals surface area contributed by atoms with Crippen LogP contribution in [0.3, 0.4) is 0 Å². The highest BCUT2D eigenvalue weighted by Crippen LogP contribution is 2.38. The largest absolute Gasteiger partial charge is 0.507 e. The van der Waals surface area contributed by atoms with Gasteiger partial charge in [-0.25, -0.2) is 0 Å². The minimum absolute atomic E-state index is 0.122. The molecule has 25 heavy (non-hydrogen) atoms. The van der Waals surface area contributed by atoms with E-state index >= 15 is 0 Å². The van der Waals surface area contributed by atoms with Crippen molar-refractivity contribution >= 4 is 23.1 Å². The zero-order valence-electron chi connectivity index (χ0n) is 14.4. The number of carbonyl (C=O) groups excluding carboxylic acids is 2. The molecule has 1 aliphatic heterocycles. The van der Waals surface area contributed by atoms with Crippen LogP contribution >= 0.6 is 0 Å². The highest BCUT2D eigenvalue weighted by Gasteiger charge is 2.44. The smallest absolute Gasteiger partial charge is 0.295 e. The van der Waals surface area contributed by atoms with Gasteiger partial charge in [-0.3, -0.25) is 9.59 Å². The summed E-state index contributed by atoms with van der Waals surface area (Å²) in [4.78, 5) is 28.1. The van der Waals surface area contributed by atoms with E-state index in [0.29, 0.717) is 5.56 Å². The number of benzene rings is 2. The Balaban J connectivity index is 2.12. The lowest BCUT2D eigenvalue weighted by molar-refractivity contribution is -0.139. The highest BCUT2D eigenvalue weighted by molar-refractivity contribution is 6.46. The number of likely N-dealkylation sites (tertiary alicyclic amines) is 1. The summed E-state index contributed by atoms with van der Waals surface area (Å²) < 4.78 is 0. The van der Waals surface area contributed by atoms with Gasteiger partial charge in [-0.05, 0) is 17.7 Å². The molecule has 1 N–H and O–H groups in total. The average molecular weight is 336 g/mol. The second-order valence-electron chi connectivity index (χ2n) is 6.26. The second-order valence-corrected chi connectivity index (χ2v) is 6.26. The second kappa shape index (κ2) is 6.43. The molecule has 0 aliphatic carbocycles. The number of anilines is 1. The van der Waals surface area contributed by atoms with E-state index < -0.39 is 17.7 Å². The lowest BCUT2D eigenvalue weighted by atomic mass is 9.95. The van der Waals surface area contributed by atoms with Crippen LogP contribution in [-0.4, -0.2) is 42.8 Å². The zero-order chi connectivity index (χ0) is 18.1. The lowest BCUT2D eigenvalue weighted by Crippen LogP contribution is -2.24. The number of ketones is 1. The molecular formula is C20H20N2O3. The van der Waals surface area contributed by atoms with Crippen LogP contribution in [0.25, 0.3) is 5.76 Å². The van der Waals surface area contributed by atoms with Crippen LogP contribution in [0.2, 0.25) is 0 Å². The SMILES string of the molecule is CN(C)c1ccc([C@H]2C(=C(O)c3ccccc3)C(=O)C(=O)N2C)cc1. The van der Waals surface area contributed by atoms with E-state index in [0.717, 1.165) is 11.3 Å². The summed E-state index contributed by atoms with van der Waals surface area (Å²) in [6.07, 6.45) is 0. The number of hydrogen-bond donors (Lipinski definition) is 1. The zero-order valence-corrected chi connectivity index (χ0v) is 14.4. The first kappa shape index (κ1) is 16.8. The molecule has 5 heteroatoms. The number of rotatable bonds is 3. The maximum absolute atomic E-state index is 12.5. The number of amides is 1. The van der Waals surface area contributed by atoms with Gasteiger partial charge in [0.1, 0.15) is 5.76 Å². The van der Waals surface area contributed by atoms with E-state index in [1.54, 1.807) is 31.3 Å². The van der Waals surface area contributed by atoms with Gasteiger partial charge in [-0.2, -0.15) is 0 Å². The predicted octanol–water partition coefficient (Wildman–Crippen LogP) is 2.80. The van der Waals surface area contributed by atoms with Crippen LogP contribution in [0.1, 0.15) is 17.2 Å². The maximum Gasteiger partial charge on any atom is 0.295 e. The van der Waals surface area contributed by atoms with Gasteiger partial charge in [0.25, 0.3) is 11.7 Å². The van der Waals surface area contributed by atoms with Gasteiger partial charge in [0.2, 0.25) is 0 Å². The standard InChI is InChI=1S/C20H20N2O3/c1-21(2)15-11-9-13(10-12-15)17-16(19(24)20(25)22(17)3)18(23)14-7-5-4-6-8-14/h4-12,17,23H,1-3H3/t17-/m0/s1. The normalized spacial score (nSPS) is 19.3. The number of aliphatic hydroxyl groups is 1. The number of nitrogens with zero attached hydrogens (tertiary/aromatic N) is 2. The molecule has 1 amide bonds. The Hall–Kier alpha value is -3.08. The summed E-state index contributed by atoms with van der Waals surface area (Å²) in [6, 6.07) is 15.8. The molecule has 0 aromatic heterocycles. The maximum atomic E-state index is 12.5. The Labute approximate surface area is 146 Å². The first-order valence-corrected chi connectivity index (χ1v) is 7.99. The third-order valence-corrected chi connectivity index (χ3v) is 4.45. The monoisotopic (exact) mass is 336 g/mol.